The Bertz CT molecular complexity index is 344. The van der Waals surface area contributed by atoms with Crippen molar-refractivity contribution >= 4 is 5.69 Å². The first kappa shape index (κ1) is 12.3. The number of rotatable bonds is 4. The van der Waals surface area contributed by atoms with Gasteiger partial charge in [-0.15, -0.1) is 0 Å². The molecule has 0 unspecified atom stereocenters. The van der Waals surface area contributed by atoms with Crippen molar-refractivity contribution in [1.82, 2.24) is 4.90 Å². The molecule has 94 valence electrons. The van der Waals surface area contributed by atoms with Crippen LogP contribution in [0.15, 0.2) is 18.2 Å². The molecule has 0 radical (unpaired) electrons. The van der Waals surface area contributed by atoms with Gasteiger partial charge < -0.3 is 10.1 Å². The van der Waals surface area contributed by atoms with Crippen LogP contribution in [0.2, 0.25) is 0 Å². The molecule has 4 heteroatoms. The van der Waals surface area contributed by atoms with E-state index in [9.17, 15) is 4.39 Å². The fourth-order valence-electron chi connectivity index (χ4n) is 2.02. The van der Waals surface area contributed by atoms with Gasteiger partial charge in [-0.25, -0.2) is 4.39 Å². The molecule has 3 nitrogen and oxygen atoms in total. The van der Waals surface area contributed by atoms with Gasteiger partial charge in [0, 0.05) is 31.9 Å². The largest absolute Gasteiger partial charge is 0.384 e. The summed E-state index contributed by atoms with van der Waals surface area (Å²) < 4.78 is 18.4. The maximum atomic E-state index is 13.1. The second-order valence-corrected chi connectivity index (χ2v) is 4.40. The van der Waals surface area contributed by atoms with E-state index in [2.05, 4.69) is 10.2 Å². The summed E-state index contributed by atoms with van der Waals surface area (Å²) in [6.45, 7) is 7.32. The van der Waals surface area contributed by atoms with Gasteiger partial charge in [-0.1, -0.05) is 0 Å². The Labute approximate surface area is 102 Å². The number of anilines is 1. The zero-order valence-electron chi connectivity index (χ0n) is 10.2. The standard InChI is InChI=1S/C13H19FN2O/c1-11-8-12(14)10-13(9-11)15-2-3-16-4-6-17-7-5-16/h8-10,15H,2-7H2,1H3. The summed E-state index contributed by atoms with van der Waals surface area (Å²) in [5.41, 5.74) is 1.80. The molecule has 2 rings (SSSR count). The molecular formula is C13H19FN2O. The Kier molecular flexibility index (Phi) is 4.34. The highest BCUT2D eigenvalue weighted by molar-refractivity contribution is 5.45. The first-order chi connectivity index (χ1) is 8.24. The molecular weight excluding hydrogens is 219 g/mol. The number of aryl methyl sites for hydroxylation is 1. The molecule has 0 aliphatic carbocycles. The van der Waals surface area contributed by atoms with E-state index in [0.29, 0.717) is 0 Å². The van der Waals surface area contributed by atoms with Crippen LogP contribution in [0.5, 0.6) is 0 Å². The van der Waals surface area contributed by atoms with Gasteiger partial charge >= 0.3 is 0 Å². The van der Waals surface area contributed by atoms with Crippen molar-refractivity contribution in [3.8, 4) is 0 Å². The fraction of sp³-hybridized carbons (Fsp3) is 0.538. The molecule has 1 heterocycles. The summed E-state index contributed by atoms with van der Waals surface area (Å²) >= 11 is 0. The predicted molar refractivity (Wildman–Crippen MR) is 66.9 cm³/mol. The summed E-state index contributed by atoms with van der Waals surface area (Å²) in [5.74, 6) is -0.182. The lowest BCUT2D eigenvalue weighted by Gasteiger charge is -2.26. The van der Waals surface area contributed by atoms with Crippen LogP contribution in [0, 0.1) is 12.7 Å². The van der Waals surface area contributed by atoms with Gasteiger partial charge in [-0.05, 0) is 30.7 Å². The van der Waals surface area contributed by atoms with E-state index >= 15 is 0 Å². The van der Waals surface area contributed by atoms with E-state index in [1.807, 2.05) is 13.0 Å². The van der Waals surface area contributed by atoms with Crippen molar-refractivity contribution < 1.29 is 9.13 Å². The fourth-order valence-corrected chi connectivity index (χ4v) is 2.02. The molecule has 1 fully saturated rings. The molecule has 0 bridgehead atoms. The average Bonchev–Trinajstić information content (AvgIpc) is 2.29. The van der Waals surface area contributed by atoms with Crippen LogP contribution >= 0.6 is 0 Å². The highest BCUT2D eigenvalue weighted by atomic mass is 19.1. The second-order valence-electron chi connectivity index (χ2n) is 4.40. The predicted octanol–water partition coefficient (Wildman–Crippen LogP) is 1.88. The zero-order chi connectivity index (χ0) is 12.1. The van der Waals surface area contributed by atoms with Crippen LogP contribution in [0.25, 0.3) is 0 Å². The Hall–Kier alpha value is -1.13. The average molecular weight is 238 g/mol. The molecule has 0 aromatic heterocycles. The van der Waals surface area contributed by atoms with Crippen molar-refractivity contribution in [3.63, 3.8) is 0 Å². The van der Waals surface area contributed by atoms with Gasteiger partial charge in [0.1, 0.15) is 5.82 Å². The van der Waals surface area contributed by atoms with Crippen LogP contribution in [-0.4, -0.2) is 44.3 Å². The van der Waals surface area contributed by atoms with E-state index in [1.54, 1.807) is 0 Å². The maximum absolute atomic E-state index is 13.1. The highest BCUT2D eigenvalue weighted by Crippen LogP contribution is 2.12. The van der Waals surface area contributed by atoms with Crippen molar-refractivity contribution in [2.24, 2.45) is 0 Å². The number of halogens is 1. The highest BCUT2D eigenvalue weighted by Gasteiger charge is 2.09. The molecule has 1 N–H and O–H groups in total. The first-order valence-electron chi connectivity index (χ1n) is 6.05. The first-order valence-corrected chi connectivity index (χ1v) is 6.05. The summed E-state index contributed by atoms with van der Waals surface area (Å²) in [5, 5.41) is 3.25. The molecule has 17 heavy (non-hydrogen) atoms. The molecule has 1 saturated heterocycles. The second kappa shape index (κ2) is 5.98. The topological polar surface area (TPSA) is 24.5 Å². The molecule has 1 aliphatic rings. The molecule has 1 aromatic rings. The quantitative estimate of drug-likeness (QED) is 0.866. The molecule has 0 amide bonds. The summed E-state index contributed by atoms with van der Waals surface area (Å²) in [6, 6.07) is 5.03. The minimum absolute atomic E-state index is 0.182. The number of nitrogens with zero attached hydrogens (tertiary/aromatic N) is 1. The van der Waals surface area contributed by atoms with E-state index in [0.717, 1.165) is 50.6 Å². The van der Waals surface area contributed by atoms with Crippen LogP contribution < -0.4 is 5.32 Å². The summed E-state index contributed by atoms with van der Waals surface area (Å²) in [6.07, 6.45) is 0. The Balaban J connectivity index is 1.77. The van der Waals surface area contributed by atoms with Gasteiger partial charge in [0.25, 0.3) is 0 Å². The smallest absolute Gasteiger partial charge is 0.125 e. The lowest BCUT2D eigenvalue weighted by atomic mass is 10.2. The van der Waals surface area contributed by atoms with Crippen LogP contribution in [0.1, 0.15) is 5.56 Å². The number of hydrogen-bond acceptors (Lipinski definition) is 3. The van der Waals surface area contributed by atoms with Crippen LogP contribution in [-0.2, 0) is 4.74 Å². The zero-order valence-corrected chi connectivity index (χ0v) is 10.2. The van der Waals surface area contributed by atoms with Gasteiger partial charge in [-0.3, -0.25) is 4.90 Å². The third kappa shape index (κ3) is 3.98. The lowest BCUT2D eigenvalue weighted by Crippen LogP contribution is -2.39. The minimum atomic E-state index is -0.182. The van der Waals surface area contributed by atoms with Gasteiger partial charge in [-0.2, -0.15) is 0 Å². The number of ether oxygens (including phenoxy) is 1. The van der Waals surface area contributed by atoms with Gasteiger partial charge in [0.2, 0.25) is 0 Å². The number of nitrogens with one attached hydrogen (secondary N) is 1. The molecule has 0 saturated carbocycles. The SMILES string of the molecule is Cc1cc(F)cc(NCCN2CCOCC2)c1. The van der Waals surface area contributed by atoms with Crippen molar-refractivity contribution in [1.29, 1.82) is 0 Å². The molecule has 1 aromatic carbocycles. The van der Waals surface area contributed by atoms with E-state index < -0.39 is 0 Å². The number of benzene rings is 1. The van der Waals surface area contributed by atoms with Crippen molar-refractivity contribution in [2.75, 3.05) is 44.7 Å². The molecule has 0 spiro atoms. The van der Waals surface area contributed by atoms with E-state index in [4.69, 9.17) is 4.74 Å². The number of hydrogen-bond donors (Lipinski definition) is 1. The van der Waals surface area contributed by atoms with Crippen molar-refractivity contribution in [2.45, 2.75) is 6.92 Å². The number of morpholine rings is 1. The van der Waals surface area contributed by atoms with E-state index in [1.165, 1.54) is 12.1 Å². The Morgan fingerprint density at radius 1 is 1.29 bits per heavy atom. The van der Waals surface area contributed by atoms with Crippen LogP contribution in [0.4, 0.5) is 10.1 Å². The Morgan fingerprint density at radius 2 is 2.06 bits per heavy atom. The van der Waals surface area contributed by atoms with Crippen LogP contribution in [0.3, 0.4) is 0 Å². The third-order valence-electron chi connectivity index (χ3n) is 2.90. The van der Waals surface area contributed by atoms with Crippen molar-refractivity contribution in [3.05, 3.63) is 29.6 Å². The monoisotopic (exact) mass is 238 g/mol. The summed E-state index contributed by atoms with van der Waals surface area (Å²) in [7, 11) is 0. The normalized spacial score (nSPS) is 17.1. The molecule has 0 atom stereocenters. The van der Waals surface area contributed by atoms with E-state index in [-0.39, 0.29) is 5.82 Å². The lowest BCUT2D eigenvalue weighted by molar-refractivity contribution is 0.0398. The van der Waals surface area contributed by atoms with Gasteiger partial charge in [0.15, 0.2) is 0 Å². The molecule has 1 aliphatic heterocycles. The Morgan fingerprint density at radius 3 is 2.76 bits per heavy atom. The summed E-state index contributed by atoms with van der Waals surface area (Å²) in [4.78, 5) is 2.35. The maximum Gasteiger partial charge on any atom is 0.125 e. The third-order valence-corrected chi connectivity index (χ3v) is 2.90. The minimum Gasteiger partial charge on any atom is -0.384 e. The van der Waals surface area contributed by atoms with Gasteiger partial charge in [0.05, 0.1) is 13.2 Å².